The van der Waals surface area contributed by atoms with Crippen LogP contribution in [0.4, 0.5) is 0 Å². The highest BCUT2D eigenvalue weighted by atomic mass is 31.3. The molecule has 0 aliphatic carbocycles. The second-order valence-electron chi connectivity index (χ2n) is 6.75. The largest absolute Gasteiger partial charge is 0.490 e. The molecule has 0 aromatic carbocycles. The summed E-state index contributed by atoms with van der Waals surface area (Å²) in [4.78, 5) is 37.4. The maximum atomic E-state index is 11.8. The van der Waals surface area contributed by atoms with Gasteiger partial charge in [-0.25, -0.2) is 13.7 Å². The summed E-state index contributed by atoms with van der Waals surface area (Å²) in [5, 5.41) is 10.4. The van der Waals surface area contributed by atoms with E-state index in [2.05, 4.69) is 19.7 Å². The van der Waals surface area contributed by atoms with Crippen molar-refractivity contribution in [3.63, 3.8) is 0 Å². The van der Waals surface area contributed by atoms with Gasteiger partial charge in [0.15, 0.2) is 0 Å². The van der Waals surface area contributed by atoms with Crippen molar-refractivity contribution >= 4 is 23.5 Å². The summed E-state index contributed by atoms with van der Waals surface area (Å²) in [7, 11) is -16.4. The minimum absolute atomic E-state index is 0.441. The van der Waals surface area contributed by atoms with Crippen molar-refractivity contribution in [2.24, 2.45) is 5.92 Å². The molecule has 0 aromatic heterocycles. The number of phosphoric ester groups is 1. The molecule has 29 heavy (non-hydrogen) atoms. The summed E-state index contributed by atoms with van der Waals surface area (Å²) in [6, 6.07) is 0. The van der Waals surface area contributed by atoms with Crippen LogP contribution >= 0.6 is 23.5 Å². The lowest BCUT2D eigenvalue weighted by atomic mass is 9.99. The Balaban J connectivity index is 2.00. The molecule has 0 saturated carbocycles. The Morgan fingerprint density at radius 1 is 1.17 bits per heavy atom. The topological polar surface area (TPSA) is 193 Å². The highest BCUT2D eigenvalue weighted by Crippen LogP contribution is 2.66. The number of allylic oxidation sites excluding steroid dienone is 2. The van der Waals surface area contributed by atoms with Gasteiger partial charge in [0, 0.05) is 17.8 Å². The highest BCUT2D eigenvalue weighted by Gasteiger charge is 2.46. The number of ether oxygens (including phenoxy) is 1. The van der Waals surface area contributed by atoms with Crippen LogP contribution in [-0.4, -0.2) is 54.6 Å². The third kappa shape index (κ3) is 7.07. The molecule has 13 nitrogen and oxygen atoms in total. The first-order valence-corrected chi connectivity index (χ1v) is 12.9. The Bertz CT molecular complexity index is 809. The van der Waals surface area contributed by atoms with E-state index in [4.69, 9.17) is 19.4 Å². The number of hydrogen-bond donors (Lipinski definition) is 5. The minimum atomic E-state index is -5.61. The van der Waals surface area contributed by atoms with Crippen molar-refractivity contribution in [1.29, 1.82) is 0 Å². The van der Waals surface area contributed by atoms with E-state index in [1.165, 1.54) is 0 Å². The average Bonchev–Trinajstić information content (AvgIpc) is 2.80. The van der Waals surface area contributed by atoms with Crippen molar-refractivity contribution < 1.29 is 56.3 Å². The summed E-state index contributed by atoms with van der Waals surface area (Å²) >= 11 is 0. The van der Waals surface area contributed by atoms with Crippen molar-refractivity contribution in [2.75, 3.05) is 6.61 Å². The fourth-order valence-electron chi connectivity index (χ4n) is 2.94. The van der Waals surface area contributed by atoms with E-state index in [1.807, 2.05) is 13.1 Å². The lowest BCUT2D eigenvalue weighted by molar-refractivity contribution is -0.0596. The van der Waals surface area contributed by atoms with E-state index in [1.54, 1.807) is 11.8 Å². The Labute approximate surface area is 167 Å². The van der Waals surface area contributed by atoms with Gasteiger partial charge in [0.2, 0.25) is 0 Å². The zero-order valence-electron chi connectivity index (χ0n) is 15.6. The Morgan fingerprint density at radius 3 is 2.38 bits per heavy atom. The molecule has 0 radical (unpaired) electrons. The standard InChI is InChI=1S/C13H24NO12P3/c1-8-4-5-9(2)14(6-8)13-10(3)12(15)11(24-13)7-23-28(19,20)26-29(21,22)25-27(16,17)18/h6,10-13,15H,2,4-5,7H2,1,3H3,(H,19,20)(H,21,22)(H2,16,17,18). The molecule has 5 N–H and O–H groups in total. The van der Waals surface area contributed by atoms with Crippen LogP contribution in [0.25, 0.3) is 0 Å². The van der Waals surface area contributed by atoms with Crippen LogP contribution in [0.5, 0.6) is 0 Å². The summed E-state index contributed by atoms with van der Waals surface area (Å²) in [6.07, 6.45) is 0.553. The highest BCUT2D eigenvalue weighted by molar-refractivity contribution is 7.66. The zero-order chi connectivity index (χ0) is 22.2. The lowest BCUT2D eigenvalue weighted by Gasteiger charge is -2.35. The van der Waals surface area contributed by atoms with E-state index in [-0.39, 0.29) is 0 Å². The van der Waals surface area contributed by atoms with E-state index in [0.717, 1.165) is 17.7 Å². The number of phosphoric acid groups is 3. The molecule has 2 aliphatic heterocycles. The fraction of sp³-hybridized carbons (Fsp3) is 0.692. The molecule has 168 valence electrons. The first-order chi connectivity index (χ1) is 13.1. The molecular weight excluding hydrogens is 455 g/mol. The number of aliphatic hydroxyl groups is 1. The van der Waals surface area contributed by atoms with Gasteiger partial charge in [-0.2, -0.15) is 8.62 Å². The van der Waals surface area contributed by atoms with Gasteiger partial charge in [0.1, 0.15) is 12.3 Å². The monoisotopic (exact) mass is 479 g/mol. The SMILES string of the molecule is C=C1CCC(C)=CN1C1OC(COP(=O)(O)OP(=O)(O)OP(=O)(O)O)C(O)C1C. The number of aliphatic hydroxyl groups excluding tert-OH is 1. The fourth-order valence-corrected chi connectivity index (χ4v) is 5.97. The van der Waals surface area contributed by atoms with Crippen LogP contribution < -0.4 is 0 Å². The van der Waals surface area contributed by atoms with Gasteiger partial charge < -0.3 is 34.3 Å². The molecule has 2 heterocycles. The molecule has 2 aliphatic rings. The Morgan fingerprint density at radius 2 is 1.79 bits per heavy atom. The molecule has 6 unspecified atom stereocenters. The van der Waals surface area contributed by atoms with E-state index in [9.17, 15) is 23.7 Å². The molecule has 16 heteroatoms. The molecule has 0 spiro atoms. The maximum absolute atomic E-state index is 11.8. The normalized spacial score (nSPS) is 32.6. The number of rotatable bonds is 8. The molecule has 0 amide bonds. The second-order valence-corrected chi connectivity index (χ2v) is 11.2. The van der Waals surface area contributed by atoms with Crippen molar-refractivity contribution in [3.05, 3.63) is 24.0 Å². The number of hydrogen-bond acceptors (Lipinski definition) is 9. The van der Waals surface area contributed by atoms with Crippen LogP contribution in [0, 0.1) is 5.92 Å². The summed E-state index contributed by atoms with van der Waals surface area (Å²) in [5.74, 6) is -0.441. The lowest BCUT2D eigenvalue weighted by Crippen LogP contribution is -2.36. The maximum Gasteiger partial charge on any atom is 0.490 e. The Hall–Kier alpha value is -0.390. The van der Waals surface area contributed by atoms with Gasteiger partial charge in [-0.1, -0.05) is 19.1 Å². The van der Waals surface area contributed by atoms with Gasteiger partial charge in [-0.3, -0.25) is 4.52 Å². The first kappa shape index (κ1) is 24.9. The third-order valence-corrected chi connectivity index (χ3v) is 8.11. The number of nitrogens with zero attached hydrogens (tertiary/aromatic N) is 1. The van der Waals surface area contributed by atoms with Gasteiger partial charge >= 0.3 is 23.5 Å². The molecule has 2 rings (SSSR count). The molecule has 0 bridgehead atoms. The van der Waals surface area contributed by atoms with Crippen LogP contribution in [-0.2, 0) is 31.6 Å². The average molecular weight is 479 g/mol. The van der Waals surface area contributed by atoms with E-state index < -0.39 is 54.4 Å². The van der Waals surface area contributed by atoms with Gasteiger partial charge in [0.25, 0.3) is 0 Å². The predicted octanol–water partition coefficient (Wildman–Crippen LogP) is 1.56. The first-order valence-electron chi connectivity index (χ1n) is 8.35. The van der Waals surface area contributed by atoms with Gasteiger partial charge in [-0.15, -0.1) is 0 Å². The van der Waals surface area contributed by atoms with Crippen LogP contribution in [0.15, 0.2) is 24.0 Å². The van der Waals surface area contributed by atoms with Gasteiger partial charge in [0.05, 0.1) is 12.7 Å². The van der Waals surface area contributed by atoms with E-state index in [0.29, 0.717) is 6.42 Å². The van der Waals surface area contributed by atoms with Crippen LogP contribution in [0.2, 0.25) is 0 Å². The minimum Gasteiger partial charge on any atom is -0.390 e. The van der Waals surface area contributed by atoms with Crippen molar-refractivity contribution in [2.45, 2.75) is 45.1 Å². The third-order valence-electron chi connectivity index (χ3n) is 4.31. The molecule has 1 fully saturated rings. The van der Waals surface area contributed by atoms with Gasteiger partial charge in [-0.05, 0) is 19.8 Å². The second kappa shape index (κ2) is 9.00. The van der Waals surface area contributed by atoms with Crippen molar-refractivity contribution in [3.8, 4) is 0 Å². The Kier molecular flexibility index (Phi) is 7.72. The molecular formula is C13H24NO12P3. The molecule has 1 saturated heterocycles. The summed E-state index contributed by atoms with van der Waals surface area (Å²) < 4.78 is 51.3. The van der Waals surface area contributed by atoms with E-state index >= 15 is 0 Å². The smallest absolute Gasteiger partial charge is 0.390 e. The predicted molar refractivity (Wildman–Crippen MR) is 97.6 cm³/mol. The quantitative estimate of drug-likeness (QED) is 0.315. The molecule has 0 aromatic rings. The zero-order valence-corrected chi connectivity index (χ0v) is 18.3. The molecule has 6 atom stereocenters. The van der Waals surface area contributed by atoms with Crippen LogP contribution in [0.3, 0.4) is 0 Å². The van der Waals surface area contributed by atoms with Crippen LogP contribution in [0.1, 0.15) is 26.7 Å². The summed E-state index contributed by atoms with van der Waals surface area (Å²) in [5.41, 5.74) is 1.85. The van der Waals surface area contributed by atoms with Crippen molar-refractivity contribution in [1.82, 2.24) is 4.90 Å². The summed E-state index contributed by atoms with van der Waals surface area (Å²) in [6.45, 7) is 6.88.